The first kappa shape index (κ1) is 23.4. The van der Waals surface area contributed by atoms with Crippen molar-refractivity contribution < 1.29 is 0 Å². The zero-order valence-corrected chi connectivity index (χ0v) is 21.4. The van der Waals surface area contributed by atoms with Crippen molar-refractivity contribution in [1.82, 2.24) is 0 Å². The molecule has 34 heavy (non-hydrogen) atoms. The van der Waals surface area contributed by atoms with E-state index >= 15 is 0 Å². The van der Waals surface area contributed by atoms with Gasteiger partial charge in [0.15, 0.2) is 0 Å². The van der Waals surface area contributed by atoms with Crippen LogP contribution in [0.3, 0.4) is 0 Å². The highest BCUT2D eigenvalue weighted by Crippen LogP contribution is 2.42. The summed E-state index contributed by atoms with van der Waals surface area (Å²) < 4.78 is 0. The summed E-state index contributed by atoms with van der Waals surface area (Å²) >= 11 is 0. The molecule has 2 aromatic rings. The minimum atomic E-state index is 0.492. The van der Waals surface area contributed by atoms with Crippen molar-refractivity contribution in [2.24, 2.45) is 29.6 Å². The van der Waals surface area contributed by atoms with Crippen LogP contribution < -0.4 is 10.4 Å². The molecule has 0 radical (unpaired) electrons. The first-order chi connectivity index (χ1) is 16.7. The van der Waals surface area contributed by atoms with Crippen molar-refractivity contribution in [3.63, 3.8) is 0 Å². The maximum Gasteiger partial charge on any atom is 0.00904 e. The highest BCUT2D eigenvalue weighted by Gasteiger charge is 2.29. The average molecular weight is 451 g/mol. The van der Waals surface area contributed by atoms with Gasteiger partial charge in [-0.3, -0.25) is 0 Å². The first-order valence-corrected chi connectivity index (χ1v) is 13.9. The van der Waals surface area contributed by atoms with E-state index in [1.807, 2.05) is 0 Å². The van der Waals surface area contributed by atoms with Gasteiger partial charge in [-0.15, -0.1) is 0 Å². The molecular formula is C34H42. The van der Waals surface area contributed by atoms with Crippen molar-refractivity contribution in [3.8, 4) is 0 Å². The van der Waals surface area contributed by atoms with Gasteiger partial charge in [0.05, 0.1) is 0 Å². The second kappa shape index (κ2) is 10.5. The summed E-state index contributed by atoms with van der Waals surface area (Å²) in [5, 5.41) is 2.76. The van der Waals surface area contributed by atoms with Crippen molar-refractivity contribution >= 4 is 12.2 Å². The maximum atomic E-state index is 2.53. The number of allylic oxidation sites excluding steroid dienone is 4. The van der Waals surface area contributed by atoms with Crippen LogP contribution in [-0.4, -0.2) is 0 Å². The van der Waals surface area contributed by atoms with Crippen LogP contribution in [0.4, 0.5) is 0 Å². The Balaban J connectivity index is 1.22. The topological polar surface area (TPSA) is 0 Å². The Morgan fingerprint density at radius 2 is 1.50 bits per heavy atom. The molecule has 3 unspecified atom stereocenters. The van der Waals surface area contributed by atoms with E-state index in [-0.39, 0.29) is 0 Å². The smallest absolute Gasteiger partial charge is 0.00904 e. The number of fused-ring (bicyclic) bond motifs is 2. The van der Waals surface area contributed by atoms with E-state index in [0.717, 1.165) is 30.1 Å². The lowest BCUT2D eigenvalue weighted by atomic mass is 9.70. The van der Waals surface area contributed by atoms with E-state index in [4.69, 9.17) is 0 Å². The lowest BCUT2D eigenvalue weighted by Crippen LogP contribution is -2.33. The van der Waals surface area contributed by atoms with Gasteiger partial charge in [0.2, 0.25) is 0 Å². The van der Waals surface area contributed by atoms with Gasteiger partial charge in [0, 0.05) is 11.8 Å². The normalized spacial score (nSPS) is 26.6. The highest BCUT2D eigenvalue weighted by molar-refractivity contribution is 5.53. The Kier molecular flexibility index (Phi) is 7.23. The summed E-state index contributed by atoms with van der Waals surface area (Å²) in [6.07, 6.45) is 21.3. The van der Waals surface area contributed by atoms with E-state index in [2.05, 4.69) is 99.7 Å². The lowest BCUT2D eigenvalue weighted by molar-refractivity contribution is 0.176. The molecule has 1 saturated carbocycles. The predicted molar refractivity (Wildman–Crippen MR) is 147 cm³/mol. The number of rotatable bonds is 7. The molecule has 0 N–H and O–H groups in total. The fourth-order valence-electron chi connectivity index (χ4n) is 7.09. The molecule has 0 nitrogen and oxygen atoms in total. The Hall–Kier alpha value is -2.34. The van der Waals surface area contributed by atoms with Gasteiger partial charge in [0.1, 0.15) is 0 Å². The molecule has 0 aromatic heterocycles. The summed E-state index contributed by atoms with van der Waals surface area (Å²) in [6.45, 7) is 7.28. The maximum absolute atomic E-state index is 2.53. The number of hydrogen-bond acceptors (Lipinski definition) is 0. The predicted octanol–water partition coefficient (Wildman–Crippen LogP) is 7.58. The van der Waals surface area contributed by atoms with Crippen LogP contribution in [0.15, 0.2) is 72.3 Å². The summed E-state index contributed by atoms with van der Waals surface area (Å²) in [5.74, 6) is 4.49. The van der Waals surface area contributed by atoms with Gasteiger partial charge < -0.3 is 0 Å². The van der Waals surface area contributed by atoms with Crippen LogP contribution in [0.25, 0.3) is 12.2 Å². The average Bonchev–Trinajstić information content (AvgIpc) is 2.89. The van der Waals surface area contributed by atoms with Gasteiger partial charge in [-0.1, -0.05) is 118 Å². The molecule has 0 spiro atoms. The zero-order chi connectivity index (χ0) is 23.5. The summed E-state index contributed by atoms with van der Waals surface area (Å²) in [6, 6.07) is 18.5. The second-order valence-electron chi connectivity index (χ2n) is 11.2. The molecule has 0 bridgehead atoms. The van der Waals surface area contributed by atoms with Crippen LogP contribution in [-0.2, 0) is 6.42 Å². The molecule has 0 heteroatoms. The summed E-state index contributed by atoms with van der Waals surface area (Å²) in [5.41, 5.74) is 4.56. The molecule has 2 aromatic carbocycles. The van der Waals surface area contributed by atoms with E-state index in [1.165, 1.54) is 54.5 Å². The Labute approximate surface area is 207 Å². The molecule has 0 heterocycles. The third-order valence-electron chi connectivity index (χ3n) is 9.38. The third kappa shape index (κ3) is 4.88. The Bertz CT molecular complexity index is 1130. The minimum Gasteiger partial charge on any atom is -0.0767 e. The molecule has 0 aliphatic heterocycles. The van der Waals surface area contributed by atoms with Gasteiger partial charge in [-0.05, 0) is 77.3 Å². The standard InChI is InChI=1S/C34H42/c1-4-26(5-2)24(3)27-17-19-29(20-18-27)28-15-13-25(14-16-28)21-32-11-8-12-33-22-30-9-6-7-10-31(30)23-34(32)33/h6-16,22-24,26-27,29,33-34H,4-5,17-21H2,1-3H3. The minimum absolute atomic E-state index is 0.492. The van der Waals surface area contributed by atoms with Crippen LogP contribution in [0.5, 0.6) is 0 Å². The molecule has 3 aliphatic carbocycles. The molecule has 1 fully saturated rings. The second-order valence-corrected chi connectivity index (χ2v) is 11.2. The SMILES string of the molecule is CCC(CC)C(C)C1CCC(c2ccc(CC3=CC=CC4C=c5ccccc5=CC34)cc2)CC1. The molecule has 178 valence electrons. The number of hydrogen-bond donors (Lipinski definition) is 0. The van der Waals surface area contributed by atoms with Crippen LogP contribution in [0.2, 0.25) is 0 Å². The molecule has 3 aliphatic rings. The third-order valence-corrected chi connectivity index (χ3v) is 9.38. The van der Waals surface area contributed by atoms with E-state index in [1.54, 1.807) is 11.1 Å². The lowest BCUT2D eigenvalue weighted by Gasteiger charge is -2.36. The van der Waals surface area contributed by atoms with Gasteiger partial charge in [-0.2, -0.15) is 0 Å². The van der Waals surface area contributed by atoms with Crippen molar-refractivity contribution in [3.05, 3.63) is 93.9 Å². The fourth-order valence-corrected chi connectivity index (χ4v) is 7.09. The Morgan fingerprint density at radius 3 is 2.18 bits per heavy atom. The van der Waals surface area contributed by atoms with Crippen molar-refractivity contribution in [1.29, 1.82) is 0 Å². The quantitative estimate of drug-likeness (QED) is 0.408. The van der Waals surface area contributed by atoms with E-state index < -0.39 is 0 Å². The van der Waals surface area contributed by atoms with E-state index in [0.29, 0.717) is 11.8 Å². The highest BCUT2D eigenvalue weighted by atomic mass is 14.3. The largest absolute Gasteiger partial charge is 0.0767 e. The van der Waals surface area contributed by atoms with E-state index in [9.17, 15) is 0 Å². The van der Waals surface area contributed by atoms with Crippen molar-refractivity contribution in [2.75, 3.05) is 0 Å². The molecule has 0 saturated heterocycles. The fraction of sp³-hybridized carbons (Fsp3) is 0.471. The monoisotopic (exact) mass is 450 g/mol. The summed E-state index contributed by atoms with van der Waals surface area (Å²) in [7, 11) is 0. The van der Waals surface area contributed by atoms with Gasteiger partial charge in [-0.25, -0.2) is 0 Å². The Morgan fingerprint density at radius 1 is 0.824 bits per heavy atom. The van der Waals surface area contributed by atoms with Crippen LogP contribution >= 0.6 is 0 Å². The van der Waals surface area contributed by atoms with Gasteiger partial charge >= 0.3 is 0 Å². The molecule has 3 atom stereocenters. The van der Waals surface area contributed by atoms with Crippen LogP contribution in [0.1, 0.15) is 76.3 Å². The number of benzene rings is 2. The molecule has 0 amide bonds. The molecular weight excluding hydrogens is 408 g/mol. The summed E-state index contributed by atoms with van der Waals surface area (Å²) in [4.78, 5) is 0. The zero-order valence-electron chi connectivity index (χ0n) is 21.4. The molecule has 5 rings (SSSR count). The van der Waals surface area contributed by atoms with Crippen molar-refractivity contribution in [2.45, 2.75) is 71.6 Å². The van der Waals surface area contributed by atoms with Crippen LogP contribution in [0, 0.1) is 29.6 Å². The first-order valence-electron chi connectivity index (χ1n) is 13.9. The van der Waals surface area contributed by atoms with Gasteiger partial charge in [0.25, 0.3) is 0 Å².